The summed E-state index contributed by atoms with van der Waals surface area (Å²) in [5.41, 5.74) is 1.99. The summed E-state index contributed by atoms with van der Waals surface area (Å²) in [6.45, 7) is 2.38. The van der Waals surface area contributed by atoms with Crippen molar-refractivity contribution in [2.24, 2.45) is 0 Å². The minimum Gasteiger partial charge on any atom is -0.340 e. The maximum absolute atomic E-state index is 12.9. The lowest BCUT2D eigenvalue weighted by Gasteiger charge is -2.44. The van der Waals surface area contributed by atoms with E-state index in [1.807, 2.05) is 12.3 Å². The second kappa shape index (κ2) is 5.16. The molecule has 1 unspecified atom stereocenters. The molecule has 2 aliphatic rings. The third-order valence-corrected chi connectivity index (χ3v) is 5.01. The molecule has 1 aliphatic carbocycles. The Labute approximate surface area is 122 Å². The molecule has 2 heterocycles. The van der Waals surface area contributed by atoms with Crippen LogP contribution in [0.25, 0.3) is 0 Å². The van der Waals surface area contributed by atoms with Gasteiger partial charge >= 0.3 is 0 Å². The van der Waals surface area contributed by atoms with Crippen LogP contribution >= 0.6 is 11.3 Å². The van der Waals surface area contributed by atoms with Crippen molar-refractivity contribution in [3.63, 3.8) is 0 Å². The van der Waals surface area contributed by atoms with Crippen molar-refractivity contribution in [3.8, 4) is 0 Å². The predicted molar refractivity (Wildman–Crippen MR) is 76.1 cm³/mol. The summed E-state index contributed by atoms with van der Waals surface area (Å²) in [6, 6.07) is -0.365. The summed E-state index contributed by atoms with van der Waals surface area (Å²) in [5.74, 6) is 0.0682. The predicted octanol–water partition coefficient (Wildman–Crippen LogP) is 1.69. The van der Waals surface area contributed by atoms with Crippen molar-refractivity contribution >= 4 is 23.2 Å². The number of aromatic nitrogens is 1. The third kappa shape index (κ3) is 2.12. The first-order valence-corrected chi connectivity index (χ1v) is 8.11. The van der Waals surface area contributed by atoms with Gasteiger partial charge in [-0.3, -0.25) is 9.59 Å². The van der Waals surface area contributed by atoms with Gasteiger partial charge in [-0.15, -0.1) is 11.3 Å². The number of nitrogens with one attached hydrogen (secondary N) is 1. The van der Waals surface area contributed by atoms with Crippen LogP contribution in [-0.2, 0) is 16.1 Å². The fraction of sp³-hybridized carbons (Fsp3) is 0.643. The van der Waals surface area contributed by atoms with Gasteiger partial charge in [-0.25, -0.2) is 4.98 Å². The van der Waals surface area contributed by atoms with Crippen LogP contribution < -0.4 is 5.32 Å². The minimum atomic E-state index is -0.640. The van der Waals surface area contributed by atoms with E-state index < -0.39 is 5.54 Å². The van der Waals surface area contributed by atoms with E-state index in [2.05, 4.69) is 10.3 Å². The zero-order valence-electron chi connectivity index (χ0n) is 11.6. The zero-order chi connectivity index (χ0) is 14.2. The molecule has 1 atom stereocenters. The van der Waals surface area contributed by atoms with Gasteiger partial charge in [0.2, 0.25) is 11.8 Å². The number of nitrogens with zero attached hydrogens (tertiary/aromatic N) is 2. The number of hydrogen-bond donors (Lipinski definition) is 1. The molecule has 20 heavy (non-hydrogen) atoms. The highest BCUT2D eigenvalue weighted by Crippen LogP contribution is 2.35. The van der Waals surface area contributed by atoms with Crippen LogP contribution in [0.15, 0.2) is 10.9 Å². The Kier molecular flexibility index (Phi) is 3.50. The summed E-state index contributed by atoms with van der Waals surface area (Å²) < 4.78 is 0. The van der Waals surface area contributed by atoms with Crippen LogP contribution in [0.1, 0.15) is 44.7 Å². The summed E-state index contributed by atoms with van der Waals surface area (Å²) in [4.78, 5) is 31.2. The second-order valence-electron chi connectivity index (χ2n) is 5.62. The molecule has 1 saturated carbocycles. The van der Waals surface area contributed by atoms with E-state index in [4.69, 9.17) is 0 Å². The molecule has 1 spiro atoms. The summed E-state index contributed by atoms with van der Waals surface area (Å²) >= 11 is 1.51. The molecule has 6 heteroatoms. The van der Waals surface area contributed by atoms with Gasteiger partial charge in [0.05, 0.1) is 17.7 Å². The van der Waals surface area contributed by atoms with Crippen LogP contribution in [0, 0.1) is 0 Å². The number of carbonyl (C=O) groups is 2. The van der Waals surface area contributed by atoms with Crippen molar-refractivity contribution < 1.29 is 9.59 Å². The molecule has 108 valence electrons. The van der Waals surface area contributed by atoms with E-state index in [1.54, 1.807) is 10.4 Å². The summed E-state index contributed by atoms with van der Waals surface area (Å²) in [6.07, 6.45) is 4.18. The van der Waals surface area contributed by atoms with E-state index in [1.165, 1.54) is 11.3 Å². The first-order chi connectivity index (χ1) is 9.66. The Balaban J connectivity index is 1.89. The second-order valence-corrected chi connectivity index (χ2v) is 6.33. The van der Waals surface area contributed by atoms with Gasteiger partial charge in [-0.1, -0.05) is 19.8 Å². The standard InChI is InChI=1S/C14H19N3O2S/c1-2-11-12(18)16-14(5-3-4-6-14)13(19)17(11)7-10-8-20-9-15-10/h8-9,11H,2-7H2,1H3,(H,16,18). The van der Waals surface area contributed by atoms with Gasteiger partial charge in [-0.05, 0) is 19.3 Å². The van der Waals surface area contributed by atoms with E-state index >= 15 is 0 Å². The fourth-order valence-corrected chi connectivity index (χ4v) is 3.88. The Morgan fingerprint density at radius 1 is 1.45 bits per heavy atom. The van der Waals surface area contributed by atoms with E-state index in [-0.39, 0.29) is 17.9 Å². The number of thiazole rings is 1. The van der Waals surface area contributed by atoms with Crippen LogP contribution in [0.4, 0.5) is 0 Å². The van der Waals surface area contributed by atoms with E-state index in [0.717, 1.165) is 31.4 Å². The molecule has 3 rings (SSSR count). The van der Waals surface area contributed by atoms with Gasteiger partial charge in [0.25, 0.3) is 0 Å². The Bertz CT molecular complexity index is 508. The summed E-state index contributed by atoms with van der Waals surface area (Å²) in [7, 11) is 0. The molecule has 1 N–H and O–H groups in total. The van der Waals surface area contributed by atoms with Crippen LogP contribution in [0.5, 0.6) is 0 Å². The number of piperazine rings is 1. The zero-order valence-corrected chi connectivity index (χ0v) is 12.4. The van der Waals surface area contributed by atoms with Crippen LogP contribution in [-0.4, -0.2) is 33.3 Å². The van der Waals surface area contributed by atoms with E-state index in [9.17, 15) is 9.59 Å². The molecule has 1 aliphatic heterocycles. The molecule has 1 saturated heterocycles. The van der Waals surface area contributed by atoms with Gasteiger partial charge < -0.3 is 10.2 Å². The Hall–Kier alpha value is -1.43. The summed E-state index contributed by atoms with van der Waals surface area (Å²) in [5, 5.41) is 4.94. The topological polar surface area (TPSA) is 62.3 Å². The van der Waals surface area contributed by atoms with Crippen molar-refractivity contribution in [2.75, 3.05) is 0 Å². The Morgan fingerprint density at radius 3 is 2.80 bits per heavy atom. The number of amides is 2. The first-order valence-electron chi connectivity index (χ1n) is 7.16. The monoisotopic (exact) mass is 293 g/mol. The normalized spacial score (nSPS) is 25.2. The smallest absolute Gasteiger partial charge is 0.249 e. The lowest BCUT2D eigenvalue weighted by molar-refractivity contribution is -0.155. The SMILES string of the molecule is CCC1C(=O)NC2(CCCC2)C(=O)N1Cc1cscn1. The lowest BCUT2D eigenvalue weighted by Crippen LogP contribution is -2.69. The van der Waals surface area contributed by atoms with Crippen molar-refractivity contribution in [1.82, 2.24) is 15.2 Å². The maximum atomic E-state index is 12.9. The number of rotatable bonds is 3. The molecule has 5 nitrogen and oxygen atoms in total. The van der Waals surface area contributed by atoms with Gasteiger partial charge in [0.15, 0.2) is 0 Å². The quantitative estimate of drug-likeness (QED) is 0.922. The van der Waals surface area contributed by atoms with Crippen LogP contribution in [0.3, 0.4) is 0 Å². The third-order valence-electron chi connectivity index (χ3n) is 4.37. The van der Waals surface area contributed by atoms with Crippen molar-refractivity contribution in [3.05, 3.63) is 16.6 Å². The molecular formula is C14H19N3O2S. The van der Waals surface area contributed by atoms with Crippen molar-refractivity contribution in [1.29, 1.82) is 0 Å². The van der Waals surface area contributed by atoms with E-state index in [0.29, 0.717) is 13.0 Å². The highest BCUT2D eigenvalue weighted by molar-refractivity contribution is 7.07. The molecule has 1 aromatic heterocycles. The molecule has 1 aromatic rings. The average Bonchev–Trinajstić information content (AvgIpc) is 3.08. The number of hydrogen-bond acceptors (Lipinski definition) is 4. The lowest BCUT2D eigenvalue weighted by atomic mass is 9.90. The van der Waals surface area contributed by atoms with Crippen LogP contribution in [0.2, 0.25) is 0 Å². The highest BCUT2D eigenvalue weighted by atomic mass is 32.1. The maximum Gasteiger partial charge on any atom is 0.249 e. The molecule has 0 radical (unpaired) electrons. The molecule has 2 amide bonds. The number of carbonyl (C=O) groups excluding carboxylic acids is 2. The Morgan fingerprint density at radius 2 is 2.20 bits per heavy atom. The van der Waals surface area contributed by atoms with Gasteiger partial charge in [0.1, 0.15) is 11.6 Å². The molecule has 0 bridgehead atoms. The average molecular weight is 293 g/mol. The van der Waals surface area contributed by atoms with Gasteiger partial charge in [-0.2, -0.15) is 0 Å². The van der Waals surface area contributed by atoms with Crippen molar-refractivity contribution in [2.45, 2.75) is 57.2 Å². The molecular weight excluding hydrogens is 274 g/mol. The molecule has 2 fully saturated rings. The largest absolute Gasteiger partial charge is 0.340 e. The minimum absolute atomic E-state index is 0.00997. The highest BCUT2D eigenvalue weighted by Gasteiger charge is 2.51. The first kappa shape index (κ1) is 13.5. The molecule has 0 aromatic carbocycles. The fourth-order valence-electron chi connectivity index (χ4n) is 3.33. The van der Waals surface area contributed by atoms with Gasteiger partial charge in [0, 0.05) is 5.38 Å².